The first-order chi connectivity index (χ1) is 16.2. The highest BCUT2D eigenvalue weighted by Crippen LogP contribution is 2.27. The Kier molecular flexibility index (Phi) is 5.93. The number of anilines is 1. The standard InChI is InChI=1S/C28H27N5/c1-21-25(19-29)18-28(31-21)24-11-12-30-27(17-24)23-7-9-26(10-8-23)33-15-13-32(14-16-33)20-22-5-3-2-4-6-22/h2-12,17-18,31H,13-16,20H2,1H3. The number of nitriles is 1. The molecule has 0 atom stereocenters. The normalized spacial score (nSPS) is 14.2. The number of aryl methyl sites for hydroxylation is 1. The second-order valence-electron chi connectivity index (χ2n) is 8.56. The number of hydrogen-bond acceptors (Lipinski definition) is 4. The van der Waals surface area contributed by atoms with E-state index in [-0.39, 0.29) is 0 Å². The predicted octanol–water partition coefficient (Wildman–Crippen LogP) is 5.25. The average molecular weight is 434 g/mol. The van der Waals surface area contributed by atoms with Crippen molar-refractivity contribution in [2.75, 3.05) is 31.1 Å². The summed E-state index contributed by atoms with van der Waals surface area (Å²) < 4.78 is 0. The zero-order chi connectivity index (χ0) is 22.6. The van der Waals surface area contributed by atoms with Crippen LogP contribution in [0.25, 0.3) is 22.5 Å². The van der Waals surface area contributed by atoms with Crippen molar-refractivity contribution in [3.63, 3.8) is 0 Å². The second-order valence-corrected chi connectivity index (χ2v) is 8.56. The molecule has 33 heavy (non-hydrogen) atoms. The van der Waals surface area contributed by atoms with Crippen LogP contribution in [0, 0.1) is 18.3 Å². The first-order valence-corrected chi connectivity index (χ1v) is 11.4. The van der Waals surface area contributed by atoms with Gasteiger partial charge < -0.3 is 9.88 Å². The fourth-order valence-corrected chi connectivity index (χ4v) is 4.43. The lowest BCUT2D eigenvalue weighted by Gasteiger charge is -2.36. The van der Waals surface area contributed by atoms with E-state index in [1.54, 1.807) is 0 Å². The number of piperazine rings is 1. The van der Waals surface area contributed by atoms with E-state index in [2.05, 4.69) is 86.5 Å². The van der Waals surface area contributed by atoms with E-state index in [0.29, 0.717) is 5.56 Å². The Morgan fingerprint density at radius 3 is 2.36 bits per heavy atom. The Labute approximate surface area is 194 Å². The molecule has 2 aromatic carbocycles. The van der Waals surface area contributed by atoms with Crippen LogP contribution in [0.15, 0.2) is 79.0 Å². The minimum atomic E-state index is 0.677. The number of aromatic nitrogens is 2. The zero-order valence-electron chi connectivity index (χ0n) is 18.8. The van der Waals surface area contributed by atoms with E-state index in [1.807, 2.05) is 25.3 Å². The molecule has 5 heteroatoms. The van der Waals surface area contributed by atoms with Gasteiger partial charge in [0.25, 0.3) is 0 Å². The van der Waals surface area contributed by atoms with Gasteiger partial charge >= 0.3 is 0 Å². The third kappa shape index (κ3) is 4.67. The summed E-state index contributed by atoms with van der Waals surface area (Å²) in [4.78, 5) is 12.9. The van der Waals surface area contributed by atoms with Gasteiger partial charge in [0.2, 0.25) is 0 Å². The molecule has 0 saturated carbocycles. The topological polar surface area (TPSA) is 59.0 Å². The molecule has 5 rings (SSSR count). The molecule has 2 aromatic heterocycles. The minimum absolute atomic E-state index is 0.677. The van der Waals surface area contributed by atoms with Gasteiger partial charge in [-0.15, -0.1) is 0 Å². The lowest BCUT2D eigenvalue weighted by atomic mass is 10.1. The molecule has 1 fully saturated rings. The maximum absolute atomic E-state index is 9.24. The van der Waals surface area contributed by atoms with Gasteiger partial charge in [0, 0.05) is 67.1 Å². The van der Waals surface area contributed by atoms with Gasteiger partial charge in [0.15, 0.2) is 0 Å². The van der Waals surface area contributed by atoms with Crippen molar-refractivity contribution in [1.29, 1.82) is 5.26 Å². The molecule has 164 valence electrons. The third-order valence-electron chi connectivity index (χ3n) is 6.36. The number of pyridine rings is 1. The quantitative estimate of drug-likeness (QED) is 0.467. The maximum atomic E-state index is 9.24. The first-order valence-electron chi connectivity index (χ1n) is 11.4. The number of hydrogen-bond donors (Lipinski definition) is 1. The highest BCUT2D eigenvalue weighted by molar-refractivity contribution is 5.71. The largest absolute Gasteiger partial charge is 0.369 e. The molecule has 0 radical (unpaired) electrons. The molecular weight excluding hydrogens is 406 g/mol. The Balaban J connectivity index is 1.25. The number of nitrogens with zero attached hydrogens (tertiary/aromatic N) is 4. The highest BCUT2D eigenvalue weighted by Gasteiger charge is 2.17. The van der Waals surface area contributed by atoms with Crippen LogP contribution in [0.2, 0.25) is 0 Å². The summed E-state index contributed by atoms with van der Waals surface area (Å²) in [6.45, 7) is 7.15. The molecule has 4 aromatic rings. The number of nitrogens with one attached hydrogen (secondary N) is 1. The minimum Gasteiger partial charge on any atom is -0.369 e. The SMILES string of the molecule is Cc1[nH]c(-c2ccnc(-c3ccc(N4CCN(Cc5ccccc5)CC4)cc3)c2)cc1C#N. The van der Waals surface area contributed by atoms with E-state index in [0.717, 1.165) is 60.9 Å². The zero-order valence-corrected chi connectivity index (χ0v) is 18.8. The van der Waals surface area contributed by atoms with Crippen molar-refractivity contribution in [1.82, 2.24) is 14.9 Å². The lowest BCUT2D eigenvalue weighted by Crippen LogP contribution is -2.45. The number of benzene rings is 2. The Morgan fingerprint density at radius 1 is 0.909 bits per heavy atom. The second kappa shape index (κ2) is 9.32. The summed E-state index contributed by atoms with van der Waals surface area (Å²) >= 11 is 0. The molecule has 1 aliphatic heterocycles. The Morgan fingerprint density at radius 2 is 1.67 bits per heavy atom. The maximum Gasteiger partial charge on any atom is 0.101 e. The van der Waals surface area contributed by atoms with Crippen molar-refractivity contribution in [2.24, 2.45) is 0 Å². The fraction of sp³-hybridized carbons (Fsp3) is 0.214. The summed E-state index contributed by atoms with van der Waals surface area (Å²) in [6.07, 6.45) is 1.83. The van der Waals surface area contributed by atoms with Crippen LogP contribution >= 0.6 is 0 Å². The average Bonchev–Trinajstić information content (AvgIpc) is 3.26. The molecule has 0 aliphatic carbocycles. The van der Waals surface area contributed by atoms with Gasteiger partial charge in [-0.2, -0.15) is 5.26 Å². The molecule has 0 unspecified atom stereocenters. The summed E-state index contributed by atoms with van der Waals surface area (Å²) in [5.41, 5.74) is 8.19. The van der Waals surface area contributed by atoms with Gasteiger partial charge in [-0.25, -0.2) is 0 Å². The van der Waals surface area contributed by atoms with Gasteiger partial charge in [0.1, 0.15) is 6.07 Å². The van der Waals surface area contributed by atoms with Crippen LogP contribution in [0.3, 0.4) is 0 Å². The van der Waals surface area contributed by atoms with E-state index in [1.165, 1.54) is 11.3 Å². The molecule has 0 bridgehead atoms. The summed E-state index contributed by atoms with van der Waals surface area (Å²) in [5, 5.41) is 9.24. The van der Waals surface area contributed by atoms with Crippen LogP contribution in [-0.2, 0) is 6.54 Å². The van der Waals surface area contributed by atoms with Crippen LogP contribution in [0.5, 0.6) is 0 Å². The van der Waals surface area contributed by atoms with Crippen LogP contribution in [0.4, 0.5) is 5.69 Å². The Hall–Kier alpha value is -3.88. The van der Waals surface area contributed by atoms with Crippen molar-refractivity contribution in [2.45, 2.75) is 13.5 Å². The van der Waals surface area contributed by atoms with Gasteiger partial charge in [0.05, 0.1) is 11.3 Å². The molecular formula is C28H27N5. The van der Waals surface area contributed by atoms with Crippen molar-refractivity contribution >= 4 is 5.69 Å². The van der Waals surface area contributed by atoms with Crippen molar-refractivity contribution < 1.29 is 0 Å². The fourth-order valence-electron chi connectivity index (χ4n) is 4.43. The Bertz CT molecular complexity index is 1260. The van der Waals surface area contributed by atoms with Crippen molar-refractivity contribution in [3.05, 3.63) is 95.8 Å². The van der Waals surface area contributed by atoms with Gasteiger partial charge in [-0.3, -0.25) is 9.88 Å². The van der Waals surface area contributed by atoms with E-state index in [9.17, 15) is 5.26 Å². The summed E-state index contributed by atoms with van der Waals surface area (Å²) in [7, 11) is 0. The monoisotopic (exact) mass is 433 g/mol. The smallest absolute Gasteiger partial charge is 0.101 e. The third-order valence-corrected chi connectivity index (χ3v) is 6.36. The van der Waals surface area contributed by atoms with E-state index >= 15 is 0 Å². The highest BCUT2D eigenvalue weighted by atomic mass is 15.3. The summed E-state index contributed by atoms with van der Waals surface area (Å²) in [6, 6.07) is 27.6. The number of H-pyrrole nitrogens is 1. The van der Waals surface area contributed by atoms with E-state index in [4.69, 9.17) is 0 Å². The molecule has 1 saturated heterocycles. The van der Waals surface area contributed by atoms with Crippen LogP contribution in [-0.4, -0.2) is 41.0 Å². The lowest BCUT2D eigenvalue weighted by molar-refractivity contribution is 0.250. The van der Waals surface area contributed by atoms with Gasteiger partial charge in [-0.1, -0.05) is 42.5 Å². The molecule has 1 aliphatic rings. The molecule has 0 amide bonds. The van der Waals surface area contributed by atoms with Crippen LogP contribution in [0.1, 0.15) is 16.8 Å². The molecule has 1 N–H and O–H groups in total. The number of rotatable bonds is 5. The van der Waals surface area contributed by atoms with Crippen molar-refractivity contribution in [3.8, 4) is 28.6 Å². The molecule has 5 nitrogen and oxygen atoms in total. The number of aromatic amines is 1. The summed E-state index contributed by atoms with van der Waals surface area (Å²) in [5.74, 6) is 0. The van der Waals surface area contributed by atoms with E-state index < -0.39 is 0 Å². The van der Waals surface area contributed by atoms with Gasteiger partial charge in [-0.05, 0) is 42.8 Å². The molecule has 3 heterocycles. The van der Waals surface area contributed by atoms with Crippen LogP contribution < -0.4 is 4.90 Å². The molecule has 0 spiro atoms. The predicted molar refractivity (Wildman–Crippen MR) is 133 cm³/mol. The first kappa shape index (κ1) is 21.0.